The first-order valence-corrected chi connectivity index (χ1v) is 9.49. The lowest BCUT2D eigenvalue weighted by atomic mass is 9.73. The molecule has 0 fully saturated rings. The van der Waals surface area contributed by atoms with Gasteiger partial charge in [0.25, 0.3) is 0 Å². The van der Waals surface area contributed by atoms with Gasteiger partial charge in [0.05, 0.1) is 30.5 Å². The third-order valence-corrected chi connectivity index (χ3v) is 5.47. The summed E-state index contributed by atoms with van der Waals surface area (Å²) in [4.78, 5) is 17.4. The van der Waals surface area contributed by atoms with Crippen LogP contribution in [0, 0.1) is 0 Å². The van der Waals surface area contributed by atoms with E-state index >= 15 is 0 Å². The van der Waals surface area contributed by atoms with Crippen LogP contribution in [0.25, 0.3) is 10.9 Å². The van der Waals surface area contributed by atoms with E-state index in [2.05, 4.69) is 10.3 Å². The molecular weight excluding hydrogens is 413 g/mol. The third kappa shape index (κ3) is 2.69. The number of esters is 1. The average Bonchev–Trinajstić information content (AvgIpc) is 3.06. The third-order valence-electron chi connectivity index (χ3n) is 5.47. The predicted octanol–water partition coefficient (Wildman–Crippen LogP) is 3.88. The zero-order chi connectivity index (χ0) is 22.4. The van der Waals surface area contributed by atoms with Crippen LogP contribution in [-0.2, 0) is 20.7 Å². The number of nitrogens with one attached hydrogen (secondary N) is 1. The number of halogens is 3. The highest BCUT2D eigenvalue weighted by atomic mass is 19.4. The molecule has 1 aliphatic rings. The van der Waals surface area contributed by atoms with Crippen LogP contribution in [-0.4, -0.2) is 36.0 Å². The molecule has 162 valence electrons. The fraction of sp³-hybridized carbons (Fsp3) is 0.273. The van der Waals surface area contributed by atoms with Gasteiger partial charge in [-0.1, -0.05) is 48.5 Å². The minimum Gasteiger partial charge on any atom is -0.481 e. The standard InChI is InChI=1S/C22H19F3N2O4/c1-3-31-19(28)20(13-9-5-4-6-10-13)21(29,22(23,24)25)16-17(27-20)14-11-7-8-12-15(14)26-18(16)30-2/h4-12,27,29H,3H2,1-2H3. The molecule has 1 aromatic heterocycles. The number of fused-ring (bicyclic) bond motifs is 3. The summed E-state index contributed by atoms with van der Waals surface area (Å²) in [6.07, 6.45) is -5.30. The fourth-order valence-corrected chi connectivity index (χ4v) is 4.15. The van der Waals surface area contributed by atoms with Gasteiger partial charge >= 0.3 is 12.1 Å². The summed E-state index contributed by atoms with van der Waals surface area (Å²) < 4.78 is 54.5. The number of carbonyl (C=O) groups is 1. The monoisotopic (exact) mass is 432 g/mol. The molecule has 31 heavy (non-hydrogen) atoms. The number of nitrogens with zero attached hydrogens (tertiary/aromatic N) is 1. The van der Waals surface area contributed by atoms with Gasteiger partial charge in [0.2, 0.25) is 17.0 Å². The molecule has 1 aliphatic heterocycles. The van der Waals surface area contributed by atoms with Gasteiger partial charge in [0.15, 0.2) is 0 Å². The van der Waals surface area contributed by atoms with E-state index < -0.39 is 34.7 Å². The van der Waals surface area contributed by atoms with E-state index in [4.69, 9.17) is 9.47 Å². The summed E-state index contributed by atoms with van der Waals surface area (Å²) >= 11 is 0. The Labute approximate surface area is 175 Å². The van der Waals surface area contributed by atoms with Crippen molar-refractivity contribution < 1.29 is 32.5 Å². The Hall–Kier alpha value is -3.33. The van der Waals surface area contributed by atoms with E-state index in [-0.39, 0.29) is 17.9 Å². The van der Waals surface area contributed by atoms with Crippen LogP contribution < -0.4 is 10.1 Å². The van der Waals surface area contributed by atoms with Gasteiger partial charge < -0.3 is 19.9 Å². The number of alkyl halides is 3. The quantitative estimate of drug-likeness (QED) is 0.609. The highest BCUT2D eigenvalue weighted by Gasteiger charge is 2.77. The molecule has 6 nitrogen and oxygen atoms in total. The van der Waals surface area contributed by atoms with Crippen molar-refractivity contribution in [3.8, 4) is 5.88 Å². The van der Waals surface area contributed by atoms with Crippen molar-refractivity contribution in [2.24, 2.45) is 0 Å². The molecule has 2 atom stereocenters. The number of hydrogen-bond donors (Lipinski definition) is 2. The predicted molar refractivity (Wildman–Crippen MR) is 107 cm³/mol. The van der Waals surface area contributed by atoms with Crippen LogP contribution in [0.2, 0.25) is 0 Å². The van der Waals surface area contributed by atoms with Crippen molar-refractivity contribution in [1.82, 2.24) is 4.98 Å². The Morgan fingerprint density at radius 1 is 1.13 bits per heavy atom. The van der Waals surface area contributed by atoms with E-state index in [1.807, 2.05) is 0 Å². The summed E-state index contributed by atoms with van der Waals surface area (Å²) in [5.74, 6) is -1.72. The molecule has 0 radical (unpaired) electrons. The van der Waals surface area contributed by atoms with Gasteiger partial charge in [-0.25, -0.2) is 9.78 Å². The first-order valence-electron chi connectivity index (χ1n) is 9.49. The maximum atomic E-state index is 14.7. The van der Waals surface area contributed by atoms with E-state index in [0.717, 1.165) is 7.11 Å². The van der Waals surface area contributed by atoms with Crippen molar-refractivity contribution in [3.63, 3.8) is 0 Å². The van der Waals surface area contributed by atoms with Gasteiger partial charge in [-0.2, -0.15) is 13.2 Å². The summed E-state index contributed by atoms with van der Waals surface area (Å²) in [7, 11) is 1.15. The number of pyridine rings is 1. The van der Waals surface area contributed by atoms with Crippen LogP contribution in [0.15, 0.2) is 54.6 Å². The minimum absolute atomic E-state index is 0.0980. The van der Waals surface area contributed by atoms with Crippen molar-refractivity contribution in [2.75, 3.05) is 19.0 Å². The Bertz CT molecular complexity index is 1150. The number of ether oxygens (including phenoxy) is 2. The summed E-state index contributed by atoms with van der Waals surface area (Å²) in [5, 5.41) is 14.5. The van der Waals surface area contributed by atoms with Crippen LogP contribution in [0.4, 0.5) is 18.9 Å². The van der Waals surface area contributed by atoms with Crippen molar-refractivity contribution in [1.29, 1.82) is 0 Å². The van der Waals surface area contributed by atoms with Crippen molar-refractivity contribution >= 4 is 22.6 Å². The molecule has 0 saturated carbocycles. The average molecular weight is 432 g/mol. The lowest BCUT2D eigenvalue weighted by molar-refractivity contribution is -0.287. The number of methoxy groups -OCH3 is 1. The first kappa shape index (κ1) is 20.9. The normalized spacial score (nSPS) is 22.6. The van der Waals surface area contributed by atoms with Crippen molar-refractivity contribution in [2.45, 2.75) is 24.2 Å². The minimum atomic E-state index is -5.30. The summed E-state index contributed by atoms with van der Waals surface area (Å²) in [6, 6.07) is 13.6. The number of benzene rings is 2. The van der Waals surface area contributed by atoms with Crippen LogP contribution >= 0.6 is 0 Å². The molecule has 4 rings (SSSR count). The fourth-order valence-electron chi connectivity index (χ4n) is 4.15. The molecule has 0 spiro atoms. The highest BCUT2D eigenvalue weighted by molar-refractivity contribution is 6.02. The molecule has 2 N–H and O–H groups in total. The number of aliphatic hydroxyl groups is 1. The number of hydrogen-bond acceptors (Lipinski definition) is 6. The largest absolute Gasteiger partial charge is 0.481 e. The number of anilines is 1. The van der Waals surface area contributed by atoms with Gasteiger partial charge in [0.1, 0.15) is 0 Å². The topological polar surface area (TPSA) is 80.7 Å². The molecule has 0 aliphatic carbocycles. The Morgan fingerprint density at radius 2 is 1.77 bits per heavy atom. The Morgan fingerprint density at radius 3 is 2.39 bits per heavy atom. The number of carbonyl (C=O) groups excluding carboxylic acids is 1. The first-order chi connectivity index (χ1) is 14.7. The maximum Gasteiger partial charge on any atom is 0.425 e. The molecule has 0 bridgehead atoms. The molecule has 2 heterocycles. The van der Waals surface area contributed by atoms with Crippen LogP contribution in [0.5, 0.6) is 5.88 Å². The molecule has 0 saturated heterocycles. The van der Waals surface area contributed by atoms with E-state index in [9.17, 15) is 23.1 Å². The van der Waals surface area contributed by atoms with E-state index in [0.29, 0.717) is 10.9 Å². The highest BCUT2D eigenvalue weighted by Crippen LogP contribution is 2.62. The number of aromatic nitrogens is 1. The van der Waals surface area contributed by atoms with Crippen LogP contribution in [0.3, 0.4) is 0 Å². The Kier molecular flexibility index (Phi) is 4.81. The SMILES string of the molecule is CCOC(=O)C1(c2ccccc2)Nc2c(c(OC)nc3ccccc23)C1(O)C(F)(F)F. The number of rotatable bonds is 4. The van der Waals surface area contributed by atoms with E-state index in [1.54, 1.807) is 30.3 Å². The van der Waals surface area contributed by atoms with Crippen LogP contribution in [0.1, 0.15) is 18.1 Å². The lowest BCUT2D eigenvalue weighted by Gasteiger charge is -2.41. The van der Waals surface area contributed by atoms with E-state index in [1.165, 1.54) is 31.2 Å². The molecule has 0 amide bonds. The van der Waals surface area contributed by atoms with Crippen molar-refractivity contribution in [3.05, 3.63) is 65.7 Å². The number of para-hydroxylation sites is 1. The molecule has 3 aromatic rings. The lowest BCUT2D eigenvalue weighted by Crippen LogP contribution is -2.63. The second-order valence-corrected chi connectivity index (χ2v) is 7.06. The zero-order valence-electron chi connectivity index (χ0n) is 16.7. The molecule has 9 heteroatoms. The van der Waals surface area contributed by atoms with Gasteiger partial charge in [-0.3, -0.25) is 0 Å². The summed E-state index contributed by atoms with van der Waals surface area (Å²) in [5.41, 5.74) is -6.99. The molecular formula is C22H19F3N2O4. The summed E-state index contributed by atoms with van der Waals surface area (Å²) in [6.45, 7) is 1.29. The molecule has 2 aromatic carbocycles. The molecule has 2 unspecified atom stereocenters. The smallest absolute Gasteiger partial charge is 0.425 e. The van der Waals surface area contributed by atoms with Gasteiger partial charge in [0, 0.05) is 5.39 Å². The second kappa shape index (κ2) is 7.12. The zero-order valence-corrected chi connectivity index (χ0v) is 16.7. The van der Waals surface area contributed by atoms with Gasteiger partial charge in [-0.05, 0) is 18.6 Å². The second-order valence-electron chi connectivity index (χ2n) is 7.06. The maximum absolute atomic E-state index is 14.7. The van der Waals surface area contributed by atoms with Gasteiger partial charge in [-0.15, -0.1) is 0 Å². The Balaban J connectivity index is 2.18.